The molecule has 0 spiro atoms. The summed E-state index contributed by atoms with van der Waals surface area (Å²) in [5, 5.41) is 3.42. The number of ketones is 1. The number of fused-ring (bicyclic) bond motifs is 3. The Labute approximate surface area is 156 Å². The van der Waals surface area contributed by atoms with Crippen molar-refractivity contribution in [3.63, 3.8) is 0 Å². The molecule has 3 aromatic rings. The number of benzene rings is 2. The number of hydrogen-bond acceptors (Lipinski definition) is 3. The van der Waals surface area contributed by atoms with Crippen molar-refractivity contribution in [2.75, 3.05) is 5.32 Å². The lowest BCUT2D eigenvalue weighted by Gasteiger charge is -2.39. The number of halogens is 1. The molecule has 27 heavy (non-hydrogen) atoms. The first-order valence-electron chi connectivity index (χ1n) is 9.19. The molecule has 1 atom stereocenters. The largest absolute Gasteiger partial charge is 0.329 e. The third kappa shape index (κ3) is 2.49. The van der Waals surface area contributed by atoms with Crippen LogP contribution in [-0.4, -0.2) is 15.3 Å². The Hall–Kier alpha value is -2.95. The summed E-state index contributed by atoms with van der Waals surface area (Å²) in [5.41, 5.74) is 4.34. The van der Waals surface area contributed by atoms with Crippen molar-refractivity contribution >= 4 is 22.8 Å². The van der Waals surface area contributed by atoms with Crippen molar-refractivity contribution in [1.29, 1.82) is 0 Å². The third-order valence-corrected chi connectivity index (χ3v) is 5.50. The zero-order valence-corrected chi connectivity index (χ0v) is 15.3. The lowest BCUT2D eigenvalue weighted by molar-refractivity contribution is -0.118. The molecular formula is C22H20FN3O. The predicted octanol–water partition coefficient (Wildman–Crippen LogP) is 4.83. The smallest absolute Gasteiger partial charge is 0.209 e. The van der Waals surface area contributed by atoms with Gasteiger partial charge in [0.25, 0.3) is 0 Å². The van der Waals surface area contributed by atoms with E-state index in [1.54, 1.807) is 12.1 Å². The number of nitrogens with one attached hydrogen (secondary N) is 1. The fourth-order valence-corrected chi connectivity index (χ4v) is 4.38. The summed E-state index contributed by atoms with van der Waals surface area (Å²) in [6, 6.07) is 14.0. The van der Waals surface area contributed by atoms with Crippen LogP contribution in [0.1, 0.15) is 38.3 Å². The van der Waals surface area contributed by atoms with E-state index in [4.69, 9.17) is 4.98 Å². The van der Waals surface area contributed by atoms with E-state index < -0.39 is 0 Å². The van der Waals surface area contributed by atoms with Crippen molar-refractivity contribution in [2.24, 2.45) is 5.41 Å². The molecule has 2 aromatic carbocycles. The predicted molar refractivity (Wildman–Crippen MR) is 103 cm³/mol. The number of imidazole rings is 1. The van der Waals surface area contributed by atoms with Gasteiger partial charge in [-0.15, -0.1) is 0 Å². The lowest BCUT2D eigenvalue weighted by Crippen LogP contribution is -2.36. The van der Waals surface area contributed by atoms with Crippen LogP contribution < -0.4 is 5.32 Å². The van der Waals surface area contributed by atoms with Crippen LogP contribution in [0.25, 0.3) is 11.0 Å². The molecule has 2 aliphatic rings. The first-order chi connectivity index (χ1) is 12.9. The molecule has 5 rings (SSSR count). The van der Waals surface area contributed by atoms with Gasteiger partial charge in [0.2, 0.25) is 5.95 Å². The van der Waals surface area contributed by atoms with Gasteiger partial charge in [-0.1, -0.05) is 38.1 Å². The number of allylic oxidation sites excluding steroid dienone is 2. The van der Waals surface area contributed by atoms with Crippen molar-refractivity contribution in [1.82, 2.24) is 9.55 Å². The first kappa shape index (κ1) is 16.2. The molecule has 1 aliphatic carbocycles. The first-order valence-corrected chi connectivity index (χ1v) is 9.19. The zero-order chi connectivity index (χ0) is 18.8. The fourth-order valence-electron chi connectivity index (χ4n) is 4.38. The average molecular weight is 361 g/mol. The highest BCUT2D eigenvalue weighted by Gasteiger charge is 2.41. The van der Waals surface area contributed by atoms with Gasteiger partial charge in [-0.05, 0) is 41.7 Å². The van der Waals surface area contributed by atoms with Gasteiger partial charge in [0.05, 0.1) is 17.1 Å². The molecular weight excluding hydrogens is 341 g/mol. The Balaban J connectivity index is 1.79. The molecule has 0 fully saturated rings. The standard InChI is InChI=1S/C22H20FN3O/c1-22(2)11-16-19(18(27)12-22)20(13-7-9-14(23)10-8-13)26-17-6-4-3-5-15(17)24-21(26)25-16/h3-10,20H,11-12H2,1-2H3,(H,24,25). The van der Waals surface area contributed by atoms with Gasteiger partial charge >= 0.3 is 0 Å². The number of hydrogen-bond donors (Lipinski definition) is 1. The molecule has 1 aliphatic heterocycles. The van der Waals surface area contributed by atoms with E-state index in [1.807, 2.05) is 24.3 Å². The maximum atomic E-state index is 13.5. The number of carbonyl (C=O) groups is 1. The molecule has 0 radical (unpaired) electrons. The number of para-hydroxylation sites is 2. The average Bonchev–Trinajstić information content (AvgIpc) is 2.97. The summed E-state index contributed by atoms with van der Waals surface area (Å²) in [4.78, 5) is 17.9. The molecule has 136 valence electrons. The van der Waals surface area contributed by atoms with Gasteiger partial charge in [-0.2, -0.15) is 0 Å². The molecule has 0 saturated carbocycles. The monoisotopic (exact) mass is 361 g/mol. The highest BCUT2D eigenvalue weighted by molar-refractivity contribution is 6.00. The van der Waals surface area contributed by atoms with E-state index >= 15 is 0 Å². The Morgan fingerprint density at radius 1 is 1.11 bits per heavy atom. The zero-order valence-electron chi connectivity index (χ0n) is 15.3. The van der Waals surface area contributed by atoms with Crippen LogP contribution >= 0.6 is 0 Å². The molecule has 0 amide bonds. The number of Topliss-reactive ketones (excluding diaryl/α,β-unsaturated/α-hetero) is 1. The quantitative estimate of drug-likeness (QED) is 0.675. The van der Waals surface area contributed by atoms with Gasteiger partial charge in [-0.3, -0.25) is 9.36 Å². The minimum Gasteiger partial charge on any atom is -0.329 e. The SMILES string of the molecule is CC1(C)CC(=O)C2=C(C1)Nc1nc3ccccc3n1C2c1ccc(F)cc1. The molecule has 4 nitrogen and oxygen atoms in total. The van der Waals surface area contributed by atoms with E-state index in [0.29, 0.717) is 6.42 Å². The minimum absolute atomic E-state index is 0.0928. The Morgan fingerprint density at radius 3 is 2.63 bits per heavy atom. The summed E-state index contributed by atoms with van der Waals surface area (Å²) in [6.07, 6.45) is 1.29. The molecule has 5 heteroatoms. The molecule has 1 unspecified atom stereocenters. The second-order valence-corrected chi connectivity index (χ2v) is 8.21. The van der Waals surface area contributed by atoms with Gasteiger partial charge in [0, 0.05) is 17.7 Å². The van der Waals surface area contributed by atoms with Gasteiger partial charge in [0.1, 0.15) is 5.82 Å². The van der Waals surface area contributed by atoms with E-state index in [-0.39, 0.29) is 23.1 Å². The summed E-state index contributed by atoms with van der Waals surface area (Å²) < 4.78 is 15.6. The van der Waals surface area contributed by atoms with E-state index in [0.717, 1.165) is 40.2 Å². The van der Waals surface area contributed by atoms with E-state index in [2.05, 4.69) is 23.7 Å². The summed E-state index contributed by atoms with van der Waals surface area (Å²) in [5.74, 6) is 0.593. The van der Waals surface area contributed by atoms with E-state index in [9.17, 15) is 9.18 Å². The van der Waals surface area contributed by atoms with Crippen LogP contribution in [0.15, 0.2) is 59.8 Å². The fraction of sp³-hybridized carbons (Fsp3) is 0.273. The number of carbonyl (C=O) groups excluding carboxylic acids is 1. The molecule has 2 heterocycles. The van der Waals surface area contributed by atoms with Gasteiger partial charge in [0.15, 0.2) is 5.78 Å². The van der Waals surface area contributed by atoms with Crippen molar-refractivity contribution < 1.29 is 9.18 Å². The highest BCUT2D eigenvalue weighted by atomic mass is 19.1. The summed E-state index contributed by atoms with van der Waals surface area (Å²) in [6.45, 7) is 4.22. The number of anilines is 1. The maximum absolute atomic E-state index is 13.5. The molecule has 0 bridgehead atoms. The third-order valence-electron chi connectivity index (χ3n) is 5.50. The van der Waals surface area contributed by atoms with Crippen LogP contribution in [0, 0.1) is 11.2 Å². The lowest BCUT2D eigenvalue weighted by atomic mass is 9.73. The second-order valence-electron chi connectivity index (χ2n) is 8.21. The van der Waals surface area contributed by atoms with Crippen LogP contribution in [0.2, 0.25) is 0 Å². The minimum atomic E-state index is -0.298. The second kappa shape index (κ2) is 5.52. The van der Waals surface area contributed by atoms with Gasteiger partial charge in [-0.25, -0.2) is 9.37 Å². The Bertz CT molecular complexity index is 1110. The summed E-state index contributed by atoms with van der Waals surface area (Å²) >= 11 is 0. The molecule has 0 saturated heterocycles. The van der Waals surface area contributed by atoms with Crippen molar-refractivity contribution in [2.45, 2.75) is 32.7 Å². The summed E-state index contributed by atoms with van der Waals surface area (Å²) in [7, 11) is 0. The van der Waals surface area contributed by atoms with Crippen molar-refractivity contribution in [3.05, 3.63) is 71.2 Å². The Morgan fingerprint density at radius 2 is 1.85 bits per heavy atom. The number of aromatic nitrogens is 2. The van der Waals surface area contributed by atoms with Gasteiger partial charge < -0.3 is 5.32 Å². The van der Waals surface area contributed by atoms with Crippen LogP contribution in [0.4, 0.5) is 10.3 Å². The molecule has 1 N–H and O–H groups in total. The molecule has 1 aromatic heterocycles. The van der Waals surface area contributed by atoms with Crippen molar-refractivity contribution in [3.8, 4) is 0 Å². The number of nitrogens with zero attached hydrogens (tertiary/aromatic N) is 2. The maximum Gasteiger partial charge on any atom is 0.209 e. The van der Waals surface area contributed by atoms with Crippen LogP contribution in [0.3, 0.4) is 0 Å². The Kier molecular flexibility index (Phi) is 3.32. The van der Waals surface area contributed by atoms with E-state index in [1.165, 1.54) is 12.1 Å². The van der Waals surface area contributed by atoms with Crippen LogP contribution in [-0.2, 0) is 4.79 Å². The normalized spacial score (nSPS) is 21.0. The van der Waals surface area contributed by atoms with Crippen LogP contribution in [0.5, 0.6) is 0 Å². The topological polar surface area (TPSA) is 46.9 Å². The number of rotatable bonds is 1. The highest BCUT2D eigenvalue weighted by Crippen LogP contribution is 2.46.